The van der Waals surface area contributed by atoms with Crippen molar-refractivity contribution in [3.8, 4) is 11.1 Å². The van der Waals surface area contributed by atoms with Crippen LogP contribution < -0.4 is 0 Å². The van der Waals surface area contributed by atoms with Crippen LogP contribution in [0.4, 0.5) is 8.78 Å². The second kappa shape index (κ2) is 8.12. The Hall–Kier alpha value is -1.70. The van der Waals surface area contributed by atoms with Crippen LogP contribution in [0, 0.1) is 29.4 Å². The molecule has 0 nitrogen and oxygen atoms in total. The van der Waals surface area contributed by atoms with E-state index in [1.807, 2.05) is 12.1 Å². The van der Waals surface area contributed by atoms with Gasteiger partial charge in [-0.25, -0.2) is 8.78 Å². The standard InChI is InChI=1S/C25H30F2/c1-17-2-4-18(5-3-17)19-6-8-20(9-7-19)21-10-12-22(13-11-21)23-14-24(26)16-25(27)15-23/h10-20H,2-9H2,1H3. The molecule has 0 aliphatic heterocycles. The van der Waals surface area contributed by atoms with Gasteiger partial charge in [0.05, 0.1) is 0 Å². The van der Waals surface area contributed by atoms with Crippen LogP contribution in [-0.4, -0.2) is 0 Å². The van der Waals surface area contributed by atoms with E-state index in [9.17, 15) is 8.78 Å². The largest absolute Gasteiger partial charge is 0.207 e. The van der Waals surface area contributed by atoms with Crippen molar-refractivity contribution in [3.05, 3.63) is 59.7 Å². The van der Waals surface area contributed by atoms with E-state index in [-0.39, 0.29) is 0 Å². The van der Waals surface area contributed by atoms with Crippen molar-refractivity contribution >= 4 is 0 Å². The molecule has 2 aromatic rings. The first-order valence-corrected chi connectivity index (χ1v) is 10.6. The fourth-order valence-electron chi connectivity index (χ4n) is 5.35. The van der Waals surface area contributed by atoms with Crippen LogP contribution in [0.25, 0.3) is 11.1 Å². The van der Waals surface area contributed by atoms with Gasteiger partial charge < -0.3 is 0 Å². The highest BCUT2D eigenvalue weighted by molar-refractivity contribution is 5.63. The van der Waals surface area contributed by atoms with Crippen molar-refractivity contribution < 1.29 is 8.78 Å². The van der Waals surface area contributed by atoms with Crippen molar-refractivity contribution in [2.45, 2.75) is 64.2 Å². The van der Waals surface area contributed by atoms with Crippen LogP contribution in [0.2, 0.25) is 0 Å². The van der Waals surface area contributed by atoms with E-state index in [4.69, 9.17) is 0 Å². The summed E-state index contributed by atoms with van der Waals surface area (Å²) >= 11 is 0. The molecule has 2 aliphatic carbocycles. The lowest BCUT2D eigenvalue weighted by Gasteiger charge is -2.37. The summed E-state index contributed by atoms with van der Waals surface area (Å²) in [6, 6.07) is 12.1. The molecule has 2 saturated carbocycles. The van der Waals surface area contributed by atoms with Gasteiger partial charge in [-0.05, 0) is 91.0 Å². The molecule has 2 aromatic carbocycles. The molecule has 0 aromatic heterocycles. The Morgan fingerprint density at radius 3 is 1.70 bits per heavy atom. The smallest absolute Gasteiger partial charge is 0.126 e. The lowest BCUT2D eigenvalue weighted by atomic mass is 9.68. The second-order valence-corrected chi connectivity index (χ2v) is 8.91. The van der Waals surface area contributed by atoms with Gasteiger partial charge in [-0.3, -0.25) is 0 Å². The fraction of sp³-hybridized carbons (Fsp3) is 0.520. The summed E-state index contributed by atoms with van der Waals surface area (Å²) in [4.78, 5) is 0. The van der Waals surface area contributed by atoms with Crippen LogP contribution in [0.5, 0.6) is 0 Å². The molecule has 0 radical (unpaired) electrons. The Balaban J connectivity index is 1.37. The first-order valence-electron chi connectivity index (χ1n) is 10.6. The van der Waals surface area contributed by atoms with Crippen LogP contribution >= 0.6 is 0 Å². The Kier molecular flexibility index (Phi) is 5.61. The van der Waals surface area contributed by atoms with Crippen molar-refractivity contribution in [1.82, 2.24) is 0 Å². The summed E-state index contributed by atoms with van der Waals surface area (Å²) in [5.74, 6) is 2.43. The molecule has 27 heavy (non-hydrogen) atoms. The maximum Gasteiger partial charge on any atom is 0.126 e. The quantitative estimate of drug-likeness (QED) is 0.520. The molecule has 0 amide bonds. The van der Waals surface area contributed by atoms with E-state index in [2.05, 4.69) is 19.1 Å². The van der Waals surface area contributed by atoms with Gasteiger partial charge in [-0.2, -0.15) is 0 Å². The van der Waals surface area contributed by atoms with Crippen LogP contribution in [0.15, 0.2) is 42.5 Å². The molecule has 0 spiro atoms. The molecule has 0 saturated heterocycles. The summed E-state index contributed by atoms with van der Waals surface area (Å²) in [6.07, 6.45) is 11.0. The van der Waals surface area contributed by atoms with Crippen LogP contribution in [0.1, 0.15) is 69.8 Å². The molecule has 0 unspecified atom stereocenters. The minimum Gasteiger partial charge on any atom is -0.207 e. The van der Waals surface area contributed by atoms with Crippen molar-refractivity contribution in [3.63, 3.8) is 0 Å². The Morgan fingerprint density at radius 1 is 0.630 bits per heavy atom. The predicted molar refractivity (Wildman–Crippen MR) is 108 cm³/mol. The van der Waals surface area contributed by atoms with Gasteiger partial charge in [-0.1, -0.05) is 44.0 Å². The molecule has 0 heterocycles. The van der Waals surface area contributed by atoms with E-state index in [0.29, 0.717) is 11.5 Å². The minimum atomic E-state index is -0.524. The topological polar surface area (TPSA) is 0 Å². The van der Waals surface area contributed by atoms with Crippen LogP contribution in [-0.2, 0) is 0 Å². The highest BCUT2D eigenvalue weighted by atomic mass is 19.1. The zero-order valence-electron chi connectivity index (χ0n) is 16.3. The third-order valence-electron chi connectivity index (χ3n) is 7.08. The number of hydrogen-bond acceptors (Lipinski definition) is 0. The minimum absolute atomic E-state index is 0.524. The van der Waals surface area contributed by atoms with E-state index >= 15 is 0 Å². The van der Waals surface area contributed by atoms with Crippen LogP contribution in [0.3, 0.4) is 0 Å². The Morgan fingerprint density at radius 2 is 1.15 bits per heavy atom. The van der Waals surface area contributed by atoms with Gasteiger partial charge in [0.2, 0.25) is 0 Å². The van der Waals surface area contributed by atoms with E-state index in [1.54, 1.807) is 0 Å². The summed E-state index contributed by atoms with van der Waals surface area (Å²) in [6.45, 7) is 2.40. The molecular formula is C25H30F2. The maximum absolute atomic E-state index is 13.5. The van der Waals surface area contributed by atoms with Crippen molar-refractivity contribution in [2.75, 3.05) is 0 Å². The Bertz CT molecular complexity index is 728. The van der Waals surface area contributed by atoms with E-state index in [0.717, 1.165) is 29.4 Å². The third kappa shape index (κ3) is 4.42. The number of rotatable bonds is 3. The van der Waals surface area contributed by atoms with Gasteiger partial charge in [0, 0.05) is 6.07 Å². The highest BCUT2D eigenvalue weighted by Crippen LogP contribution is 2.44. The van der Waals surface area contributed by atoms with Gasteiger partial charge >= 0.3 is 0 Å². The molecule has 0 bridgehead atoms. The van der Waals surface area contributed by atoms with Gasteiger partial charge in [0.25, 0.3) is 0 Å². The van der Waals surface area contributed by atoms with E-state index < -0.39 is 11.6 Å². The number of hydrogen-bond donors (Lipinski definition) is 0. The molecule has 2 heteroatoms. The molecule has 144 valence electrons. The third-order valence-corrected chi connectivity index (χ3v) is 7.08. The first kappa shape index (κ1) is 18.7. The average molecular weight is 369 g/mol. The molecule has 0 atom stereocenters. The number of benzene rings is 2. The summed E-state index contributed by atoms with van der Waals surface area (Å²) < 4.78 is 26.9. The molecular weight excluding hydrogens is 338 g/mol. The lowest BCUT2D eigenvalue weighted by Crippen LogP contribution is -2.24. The normalized spacial score (nSPS) is 28.9. The zero-order valence-corrected chi connectivity index (χ0v) is 16.3. The van der Waals surface area contributed by atoms with Gasteiger partial charge in [0.1, 0.15) is 11.6 Å². The Labute approximate surface area is 162 Å². The fourth-order valence-corrected chi connectivity index (χ4v) is 5.35. The average Bonchev–Trinajstić information content (AvgIpc) is 2.68. The molecule has 2 fully saturated rings. The SMILES string of the molecule is CC1CCC(C2CCC(c3ccc(-c4cc(F)cc(F)c4)cc3)CC2)CC1. The van der Waals surface area contributed by atoms with E-state index in [1.165, 1.54) is 69.1 Å². The molecule has 0 N–H and O–H groups in total. The molecule has 2 aliphatic rings. The summed E-state index contributed by atoms with van der Waals surface area (Å²) in [5, 5.41) is 0. The highest BCUT2D eigenvalue weighted by Gasteiger charge is 2.30. The van der Waals surface area contributed by atoms with Gasteiger partial charge in [0.15, 0.2) is 0 Å². The van der Waals surface area contributed by atoms with Crippen molar-refractivity contribution in [2.24, 2.45) is 17.8 Å². The number of halogens is 2. The predicted octanol–water partition coefficient (Wildman–Crippen LogP) is 7.73. The lowest BCUT2D eigenvalue weighted by molar-refractivity contribution is 0.165. The summed E-state index contributed by atoms with van der Waals surface area (Å²) in [5.41, 5.74) is 2.86. The van der Waals surface area contributed by atoms with Gasteiger partial charge in [-0.15, -0.1) is 0 Å². The summed E-state index contributed by atoms with van der Waals surface area (Å²) in [7, 11) is 0. The zero-order chi connectivity index (χ0) is 18.8. The second-order valence-electron chi connectivity index (χ2n) is 8.91. The molecule has 4 rings (SSSR count). The maximum atomic E-state index is 13.5. The first-order chi connectivity index (χ1) is 13.1. The monoisotopic (exact) mass is 368 g/mol. The van der Waals surface area contributed by atoms with Crippen molar-refractivity contribution in [1.29, 1.82) is 0 Å².